The summed E-state index contributed by atoms with van der Waals surface area (Å²) in [6.45, 7) is 2.06. The van der Waals surface area contributed by atoms with Gasteiger partial charge in [0, 0.05) is 11.4 Å². The molecule has 28 heavy (non-hydrogen) atoms. The Morgan fingerprint density at radius 2 is 1.50 bits per heavy atom. The van der Waals surface area contributed by atoms with Crippen molar-refractivity contribution < 1.29 is 0 Å². The van der Waals surface area contributed by atoms with Gasteiger partial charge >= 0.3 is 0 Å². The smallest absolute Gasteiger partial charge is 0.0397 e. The van der Waals surface area contributed by atoms with Gasteiger partial charge in [-0.15, -0.1) is 0 Å². The number of unbranched alkanes of at least 4 members (excludes halogenated alkanes) is 1. The van der Waals surface area contributed by atoms with Gasteiger partial charge in [0.2, 0.25) is 0 Å². The third-order valence-corrected chi connectivity index (χ3v) is 7.49. The van der Waals surface area contributed by atoms with E-state index in [0.717, 1.165) is 59.5 Å². The Kier molecular flexibility index (Phi) is 8.30. The molecule has 0 aliphatic heterocycles. The van der Waals surface area contributed by atoms with Crippen LogP contribution in [-0.2, 0) is 6.42 Å². The van der Waals surface area contributed by atoms with Crippen LogP contribution < -0.4 is 11.5 Å². The van der Waals surface area contributed by atoms with E-state index in [9.17, 15) is 0 Å². The summed E-state index contributed by atoms with van der Waals surface area (Å²) in [7, 11) is 0. The lowest BCUT2D eigenvalue weighted by Gasteiger charge is -2.37. The Balaban J connectivity index is 1.49. The molecule has 0 aromatic heterocycles. The fraction of sp³-hybridized carbons (Fsp3) is 0.692. The van der Waals surface area contributed by atoms with Crippen LogP contribution in [0.4, 0.5) is 11.4 Å². The van der Waals surface area contributed by atoms with E-state index in [0.29, 0.717) is 0 Å². The van der Waals surface area contributed by atoms with Crippen molar-refractivity contribution in [3.8, 4) is 0 Å². The average molecular weight is 383 g/mol. The fourth-order valence-electron chi connectivity index (χ4n) is 5.74. The van der Waals surface area contributed by atoms with Crippen molar-refractivity contribution in [2.24, 2.45) is 17.8 Å². The minimum absolute atomic E-state index is 0.849. The SMILES string of the molecule is Cc1ccc(N)c(CCCC=CCC(C2CCCCC2)C2CCCCC2)c1N. The summed E-state index contributed by atoms with van der Waals surface area (Å²) < 4.78 is 0. The first-order valence-electron chi connectivity index (χ1n) is 11.9. The Hall–Kier alpha value is -1.44. The molecule has 1 aromatic carbocycles. The van der Waals surface area contributed by atoms with Gasteiger partial charge in [-0.2, -0.15) is 0 Å². The minimum atomic E-state index is 0.849. The van der Waals surface area contributed by atoms with E-state index in [1.165, 1.54) is 70.6 Å². The molecule has 2 aliphatic rings. The molecule has 156 valence electrons. The maximum absolute atomic E-state index is 6.23. The van der Waals surface area contributed by atoms with Crippen molar-refractivity contribution in [1.29, 1.82) is 0 Å². The van der Waals surface area contributed by atoms with Crippen molar-refractivity contribution in [1.82, 2.24) is 0 Å². The molecule has 2 fully saturated rings. The highest BCUT2D eigenvalue weighted by molar-refractivity contribution is 5.65. The number of anilines is 2. The van der Waals surface area contributed by atoms with Gasteiger partial charge in [0.1, 0.15) is 0 Å². The largest absolute Gasteiger partial charge is 0.398 e. The van der Waals surface area contributed by atoms with Crippen molar-refractivity contribution in [3.05, 3.63) is 35.4 Å². The second-order valence-corrected chi connectivity index (χ2v) is 9.42. The van der Waals surface area contributed by atoms with Gasteiger partial charge in [-0.05, 0) is 67.6 Å². The summed E-state index contributed by atoms with van der Waals surface area (Å²) in [5.74, 6) is 2.93. The van der Waals surface area contributed by atoms with Gasteiger partial charge in [-0.25, -0.2) is 0 Å². The fourth-order valence-corrected chi connectivity index (χ4v) is 5.74. The van der Waals surface area contributed by atoms with Crippen LogP contribution in [0.25, 0.3) is 0 Å². The minimum Gasteiger partial charge on any atom is -0.398 e. The van der Waals surface area contributed by atoms with Crippen molar-refractivity contribution in [3.63, 3.8) is 0 Å². The molecule has 0 atom stereocenters. The number of nitrogens with two attached hydrogens (primary N) is 2. The Bertz CT molecular complexity index is 604. The van der Waals surface area contributed by atoms with Gasteiger partial charge in [0.15, 0.2) is 0 Å². The van der Waals surface area contributed by atoms with Crippen molar-refractivity contribution in [2.45, 2.75) is 96.8 Å². The maximum atomic E-state index is 6.23. The molecular weight excluding hydrogens is 340 g/mol. The first-order chi connectivity index (χ1) is 13.7. The molecule has 0 radical (unpaired) electrons. The van der Waals surface area contributed by atoms with Crippen LogP contribution in [0, 0.1) is 24.7 Å². The molecule has 3 rings (SSSR count). The number of allylic oxidation sites excluding steroid dienone is 2. The number of rotatable bonds is 8. The average Bonchev–Trinajstić information content (AvgIpc) is 2.74. The molecule has 2 aliphatic carbocycles. The van der Waals surface area contributed by atoms with Gasteiger partial charge in [-0.1, -0.05) is 82.4 Å². The first-order valence-corrected chi connectivity index (χ1v) is 11.9. The van der Waals surface area contributed by atoms with Crippen molar-refractivity contribution >= 4 is 11.4 Å². The molecule has 0 spiro atoms. The summed E-state index contributed by atoms with van der Waals surface area (Å²) in [4.78, 5) is 0. The number of hydrogen-bond donors (Lipinski definition) is 2. The zero-order valence-electron chi connectivity index (χ0n) is 18.1. The number of nitrogen functional groups attached to an aromatic ring is 2. The Morgan fingerprint density at radius 3 is 2.11 bits per heavy atom. The second kappa shape index (κ2) is 10.9. The molecule has 0 amide bonds. The topological polar surface area (TPSA) is 52.0 Å². The van der Waals surface area contributed by atoms with Gasteiger partial charge in [-0.3, -0.25) is 0 Å². The number of aryl methyl sites for hydroxylation is 1. The predicted molar refractivity (Wildman–Crippen MR) is 123 cm³/mol. The van der Waals surface area contributed by atoms with Gasteiger partial charge in [0.25, 0.3) is 0 Å². The van der Waals surface area contributed by atoms with Crippen LogP contribution >= 0.6 is 0 Å². The molecular formula is C26H42N2. The number of benzene rings is 1. The van der Waals surface area contributed by atoms with E-state index >= 15 is 0 Å². The van der Waals surface area contributed by atoms with E-state index in [-0.39, 0.29) is 0 Å². The summed E-state index contributed by atoms with van der Waals surface area (Å²) in [5.41, 5.74) is 16.4. The summed E-state index contributed by atoms with van der Waals surface area (Å²) in [5, 5.41) is 0. The Morgan fingerprint density at radius 1 is 0.893 bits per heavy atom. The highest BCUT2D eigenvalue weighted by atomic mass is 14.6. The first kappa shape index (κ1) is 21.3. The van der Waals surface area contributed by atoms with E-state index < -0.39 is 0 Å². The molecule has 2 nitrogen and oxygen atoms in total. The summed E-state index contributed by atoms with van der Waals surface area (Å²) in [6, 6.07) is 4.01. The zero-order chi connectivity index (χ0) is 19.8. The van der Waals surface area contributed by atoms with E-state index in [4.69, 9.17) is 11.5 Å². The quantitative estimate of drug-likeness (QED) is 0.283. The lowest BCUT2D eigenvalue weighted by Crippen LogP contribution is -2.26. The Labute approximate surface area is 173 Å². The van der Waals surface area contributed by atoms with Crippen LogP contribution in [0.15, 0.2) is 24.3 Å². The lowest BCUT2D eigenvalue weighted by atomic mass is 9.68. The third-order valence-electron chi connectivity index (χ3n) is 7.49. The molecule has 4 N–H and O–H groups in total. The monoisotopic (exact) mass is 382 g/mol. The highest BCUT2D eigenvalue weighted by Crippen LogP contribution is 2.41. The maximum Gasteiger partial charge on any atom is 0.0397 e. The molecule has 1 aromatic rings. The van der Waals surface area contributed by atoms with E-state index in [2.05, 4.69) is 19.1 Å². The lowest BCUT2D eigenvalue weighted by molar-refractivity contribution is 0.145. The zero-order valence-corrected chi connectivity index (χ0v) is 18.1. The van der Waals surface area contributed by atoms with E-state index in [1.807, 2.05) is 12.1 Å². The molecule has 2 saturated carbocycles. The molecule has 2 heteroatoms. The summed E-state index contributed by atoms with van der Waals surface area (Å²) >= 11 is 0. The van der Waals surface area contributed by atoms with Gasteiger partial charge < -0.3 is 11.5 Å². The molecule has 0 saturated heterocycles. The van der Waals surface area contributed by atoms with Crippen LogP contribution in [-0.4, -0.2) is 0 Å². The second-order valence-electron chi connectivity index (χ2n) is 9.42. The molecule has 0 unspecified atom stereocenters. The van der Waals surface area contributed by atoms with E-state index in [1.54, 1.807) is 0 Å². The van der Waals surface area contributed by atoms with Crippen LogP contribution in [0.1, 0.15) is 94.6 Å². The van der Waals surface area contributed by atoms with Gasteiger partial charge in [0.05, 0.1) is 0 Å². The number of hydrogen-bond acceptors (Lipinski definition) is 2. The molecule has 0 heterocycles. The normalized spacial score (nSPS) is 19.6. The predicted octanol–water partition coefficient (Wildman–Crippen LogP) is 7.21. The standard InChI is InChI=1S/C26H42N2/c1-20-18-19-25(27)24(26(20)28)17-11-3-2-10-16-23(21-12-6-4-7-13-21)22-14-8-5-9-15-22/h2,10,18-19,21-23H,3-9,11-17,27-28H2,1H3. The third kappa shape index (κ3) is 5.78. The van der Waals surface area contributed by atoms with Crippen LogP contribution in [0.2, 0.25) is 0 Å². The molecule has 0 bridgehead atoms. The van der Waals surface area contributed by atoms with Crippen LogP contribution in [0.5, 0.6) is 0 Å². The highest BCUT2D eigenvalue weighted by Gasteiger charge is 2.30. The summed E-state index contributed by atoms with van der Waals surface area (Å²) in [6.07, 6.45) is 24.3. The van der Waals surface area contributed by atoms with Crippen molar-refractivity contribution in [2.75, 3.05) is 11.5 Å². The van der Waals surface area contributed by atoms with Crippen LogP contribution in [0.3, 0.4) is 0 Å².